The number of aliphatic hydroxyl groups is 1. The van der Waals surface area contributed by atoms with Gasteiger partial charge in [0.05, 0.1) is 25.5 Å². The Morgan fingerprint density at radius 2 is 1.71 bits per heavy atom. The van der Waals surface area contributed by atoms with Crippen LogP contribution in [0.25, 0.3) is 0 Å². The van der Waals surface area contributed by atoms with Crippen LogP contribution in [0.15, 0.2) is 65.0 Å². The molecule has 7 nitrogen and oxygen atoms in total. The van der Waals surface area contributed by atoms with Crippen molar-refractivity contribution in [3.63, 3.8) is 0 Å². The van der Waals surface area contributed by atoms with Crippen LogP contribution in [-0.2, 0) is 20.8 Å². The Morgan fingerprint density at radius 1 is 1.00 bits per heavy atom. The molecule has 5 rings (SSSR count). The van der Waals surface area contributed by atoms with Gasteiger partial charge in [0.1, 0.15) is 0 Å². The Hall–Kier alpha value is -3.28. The van der Waals surface area contributed by atoms with Crippen LogP contribution in [0.4, 0.5) is 0 Å². The summed E-state index contributed by atoms with van der Waals surface area (Å²) >= 11 is 0. The molecule has 2 N–H and O–H groups in total. The summed E-state index contributed by atoms with van der Waals surface area (Å²) in [6, 6.07) is 17.0. The first kappa shape index (κ1) is 26.3. The molecule has 0 aromatic heterocycles. The van der Waals surface area contributed by atoms with E-state index in [9.17, 15) is 9.90 Å². The van der Waals surface area contributed by atoms with E-state index in [1.807, 2.05) is 12.1 Å². The van der Waals surface area contributed by atoms with Crippen molar-refractivity contribution in [2.24, 2.45) is 4.99 Å². The number of morpholine rings is 1. The smallest absolute Gasteiger partial charge is 0.204 e. The number of aliphatic imine (C=N–C) groups is 1. The lowest BCUT2D eigenvalue weighted by Gasteiger charge is -2.26. The van der Waals surface area contributed by atoms with E-state index >= 15 is 0 Å². The summed E-state index contributed by atoms with van der Waals surface area (Å²) in [6.07, 6.45) is 3.21. The molecule has 2 saturated heterocycles. The van der Waals surface area contributed by atoms with Crippen LogP contribution in [0.2, 0.25) is 0 Å². The number of nitrogens with one attached hydrogen (secondary N) is 1. The summed E-state index contributed by atoms with van der Waals surface area (Å²) < 4.78 is 10.9. The molecule has 3 aliphatic heterocycles. The molecule has 2 atom stereocenters. The number of nitrogens with zero attached hydrogens (tertiary/aromatic N) is 2. The fraction of sp³-hybridized carbons (Fsp3) is 0.419. The molecule has 0 radical (unpaired) electrons. The molecule has 0 amide bonds. The molecule has 0 aliphatic carbocycles. The molecule has 7 heteroatoms. The van der Waals surface area contributed by atoms with Gasteiger partial charge in [-0.1, -0.05) is 36.1 Å². The average molecular weight is 514 g/mol. The van der Waals surface area contributed by atoms with Gasteiger partial charge in [-0.05, 0) is 41.8 Å². The van der Waals surface area contributed by atoms with E-state index in [4.69, 9.17) is 9.47 Å². The van der Waals surface area contributed by atoms with E-state index in [-0.39, 0.29) is 23.9 Å². The van der Waals surface area contributed by atoms with E-state index in [0.717, 1.165) is 62.6 Å². The fourth-order valence-corrected chi connectivity index (χ4v) is 4.95. The zero-order valence-corrected chi connectivity index (χ0v) is 21.7. The number of carbonyl (C=O) groups is 1. The number of rotatable bonds is 8. The van der Waals surface area contributed by atoms with Crippen LogP contribution in [0.5, 0.6) is 0 Å². The highest BCUT2D eigenvalue weighted by atomic mass is 16.5. The summed E-state index contributed by atoms with van der Waals surface area (Å²) in [5.41, 5.74) is 4.79. The summed E-state index contributed by atoms with van der Waals surface area (Å²) in [6.45, 7) is 6.71. The standard InChI is InChI=1S/C31H35N3O4/c35-30-11-13-32-29(31(30)36)19-27(20-33-28-12-16-38-22-28)26-9-7-24(8-10-26)2-1-23-3-5-25(6-4-23)21-34-14-17-37-18-15-34/h3-10,13,27-28,33,36H,11-12,14-22H2/t27?,28-/m1/s1. The lowest BCUT2D eigenvalue weighted by atomic mass is 9.91. The first-order valence-corrected chi connectivity index (χ1v) is 13.4. The second-order valence-corrected chi connectivity index (χ2v) is 10.1. The van der Waals surface area contributed by atoms with Gasteiger partial charge in [0, 0.05) is 74.9 Å². The van der Waals surface area contributed by atoms with E-state index in [1.54, 1.807) is 6.21 Å². The molecule has 198 valence electrons. The summed E-state index contributed by atoms with van der Waals surface area (Å²) in [5, 5.41) is 13.9. The van der Waals surface area contributed by atoms with Crippen molar-refractivity contribution in [1.82, 2.24) is 10.2 Å². The van der Waals surface area contributed by atoms with Crippen molar-refractivity contribution in [3.05, 3.63) is 82.2 Å². The number of ether oxygens (including phenoxy) is 2. The topological polar surface area (TPSA) is 83.4 Å². The maximum Gasteiger partial charge on any atom is 0.204 e. The number of benzene rings is 2. The van der Waals surface area contributed by atoms with Crippen molar-refractivity contribution in [3.8, 4) is 11.8 Å². The summed E-state index contributed by atoms with van der Waals surface area (Å²) in [5.74, 6) is 6.12. The number of hydrogen-bond donors (Lipinski definition) is 2. The number of allylic oxidation sites excluding steroid dienone is 2. The normalized spacial score (nSPS) is 20.8. The minimum absolute atomic E-state index is 0.0526. The Labute approximate surface area is 224 Å². The van der Waals surface area contributed by atoms with E-state index in [0.29, 0.717) is 31.3 Å². The fourth-order valence-electron chi connectivity index (χ4n) is 4.95. The molecule has 3 aliphatic rings. The predicted molar refractivity (Wildman–Crippen MR) is 147 cm³/mol. The molecule has 2 aromatic carbocycles. The van der Waals surface area contributed by atoms with Crippen molar-refractivity contribution >= 4 is 12.0 Å². The molecule has 2 fully saturated rings. The van der Waals surface area contributed by atoms with Crippen molar-refractivity contribution < 1.29 is 19.4 Å². The Bertz CT molecular complexity index is 1210. The molecule has 3 heterocycles. The number of carbonyl (C=O) groups excluding carboxylic acids is 1. The predicted octanol–water partition coefficient (Wildman–Crippen LogP) is 3.58. The average Bonchev–Trinajstić information content (AvgIpc) is 3.48. The third-order valence-electron chi connectivity index (χ3n) is 7.28. The number of ketones is 1. The zero-order chi connectivity index (χ0) is 26.2. The zero-order valence-electron chi connectivity index (χ0n) is 21.7. The number of hydrogen-bond acceptors (Lipinski definition) is 7. The van der Waals surface area contributed by atoms with Gasteiger partial charge >= 0.3 is 0 Å². The molecular formula is C31H35N3O4. The monoisotopic (exact) mass is 513 g/mol. The van der Waals surface area contributed by atoms with Gasteiger partial charge < -0.3 is 19.9 Å². The van der Waals surface area contributed by atoms with E-state index < -0.39 is 0 Å². The lowest BCUT2D eigenvalue weighted by molar-refractivity contribution is -0.117. The first-order chi connectivity index (χ1) is 18.6. The third-order valence-corrected chi connectivity index (χ3v) is 7.28. The maximum absolute atomic E-state index is 12.0. The Balaban J connectivity index is 1.24. The van der Waals surface area contributed by atoms with E-state index in [1.165, 1.54) is 5.56 Å². The molecule has 1 unspecified atom stereocenters. The van der Waals surface area contributed by atoms with Crippen LogP contribution in [0.1, 0.15) is 47.4 Å². The van der Waals surface area contributed by atoms with Gasteiger partial charge in [-0.25, -0.2) is 0 Å². The SMILES string of the molecule is O=C1CC=NC(CC(CN[C@@H]2CCOC2)c2ccc(C#Cc3ccc(CN4CCOCC4)cc3)cc2)=C1O. The second kappa shape index (κ2) is 13.0. The minimum Gasteiger partial charge on any atom is -0.503 e. The van der Waals surface area contributed by atoms with Gasteiger partial charge in [0.25, 0.3) is 0 Å². The van der Waals surface area contributed by atoms with Gasteiger partial charge in [0.2, 0.25) is 5.78 Å². The van der Waals surface area contributed by atoms with E-state index in [2.05, 4.69) is 63.4 Å². The Kier molecular flexibility index (Phi) is 9.00. The lowest BCUT2D eigenvalue weighted by Crippen LogP contribution is -2.35. The van der Waals surface area contributed by atoms with Crippen LogP contribution in [0.3, 0.4) is 0 Å². The van der Waals surface area contributed by atoms with Crippen LogP contribution in [-0.4, -0.2) is 74.1 Å². The molecule has 0 bridgehead atoms. The molecule has 38 heavy (non-hydrogen) atoms. The maximum atomic E-state index is 12.0. The largest absolute Gasteiger partial charge is 0.503 e. The first-order valence-electron chi connectivity index (χ1n) is 13.4. The minimum atomic E-state index is -0.273. The number of Topliss-reactive ketones (excluding diaryl/α,β-unsaturated/α-hetero) is 1. The van der Waals surface area contributed by atoms with Crippen LogP contribution in [0, 0.1) is 11.8 Å². The van der Waals surface area contributed by atoms with Crippen molar-refractivity contribution in [1.29, 1.82) is 0 Å². The molecule has 0 spiro atoms. The summed E-state index contributed by atoms with van der Waals surface area (Å²) in [4.78, 5) is 18.7. The Morgan fingerprint density at radius 3 is 2.39 bits per heavy atom. The molecule has 0 saturated carbocycles. The highest BCUT2D eigenvalue weighted by Crippen LogP contribution is 2.27. The number of aliphatic hydroxyl groups excluding tert-OH is 1. The van der Waals surface area contributed by atoms with Crippen molar-refractivity contribution in [2.75, 3.05) is 46.1 Å². The second-order valence-electron chi connectivity index (χ2n) is 10.1. The highest BCUT2D eigenvalue weighted by Gasteiger charge is 2.23. The van der Waals surface area contributed by atoms with Gasteiger partial charge in [-0.2, -0.15) is 0 Å². The van der Waals surface area contributed by atoms with Gasteiger partial charge in [-0.15, -0.1) is 0 Å². The molecular weight excluding hydrogens is 478 g/mol. The highest BCUT2D eigenvalue weighted by molar-refractivity contribution is 6.03. The third kappa shape index (κ3) is 7.18. The van der Waals surface area contributed by atoms with Crippen LogP contribution >= 0.6 is 0 Å². The van der Waals surface area contributed by atoms with Gasteiger partial charge in [0.15, 0.2) is 5.76 Å². The summed E-state index contributed by atoms with van der Waals surface area (Å²) in [7, 11) is 0. The quantitative estimate of drug-likeness (QED) is 0.525. The van der Waals surface area contributed by atoms with Crippen LogP contribution < -0.4 is 5.32 Å². The van der Waals surface area contributed by atoms with Gasteiger partial charge in [-0.3, -0.25) is 14.7 Å². The van der Waals surface area contributed by atoms with Crippen molar-refractivity contribution in [2.45, 2.75) is 37.8 Å². The molecule has 2 aromatic rings.